The average Bonchev–Trinajstić information content (AvgIpc) is 2.78. The highest BCUT2D eigenvalue weighted by atomic mass is 16.1. The lowest BCUT2D eigenvalue weighted by molar-refractivity contribution is 0.0977. The lowest BCUT2D eigenvalue weighted by Gasteiger charge is -2.15. The monoisotopic (exact) mass is 415 g/mol. The number of anilines is 2. The average molecular weight is 416 g/mol. The van der Waals surface area contributed by atoms with Crippen LogP contribution in [0, 0.1) is 0 Å². The van der Waals surface area contributed by atoms with E-state index >= 15 is 0 Å². The summed E-state index contributed by atoms with van der Waals surface area (Å²) in [6.07, 6.45) is 3.46. The molecule has 0 aliphatic carbocycles. The van der Waals surface area contributed by atoms with Gasteiger partial charge in [-0.1, -0.05) is 32.0 Å². The molecule has 0 aliphatic rings. The number of hydrogen-bond acceptors (Lipinski definition) is 4. The van der Waals surface area contributed by atoms with Crippen LogP contribution in [0.1, 0.15) is 41.3 Å². The Balaban J connectivity index is 1.81. The third-order valence-corrected chi connectivity index (χ3v) is 4.87. The van der Waals surface area contributed by atoms with Gasteiger partial charge < -0.3 is 10.2 Å². The maximum Gasteiger partial charge on any atom is 0.258 e. The highest BCUT2D eigenvalue weighted by Crippen LogP contribution is 2.17. The molecule has 0 unspecified atom stereocenters. The first-order chi connectivity index (χ1) is 14.9. The molecule has 2 aromatic carbocycles. The van der Waals surface area contributed by atoms with Crippen molar-refractivity contribution < 1.29 is 4.79 Å². The molecule has 3 rings (SSSR count). The second-order valence-corrected chi connectivity index (χ2v) is 7.82. The summed E-state index contributed by atoms with van der Waals surface area (Å²) in [6.45, 7) is 4.74. The van der Waals surface area contributed by atoms with Gasteiger partial charge in [-0.15, -0.1) is 0 Å². The van der Waals surface area contributed by atoms with Crippen LogP contribution in [0.15, 0.2) is 78.0 Å². The number of aliphatic imine (C=N–C) groups is 1. The summed E-state index contributed by atoms with van der Waals surface area (Å²) >= 11 is 0. The van der Waals surface area contributed by atoms with E-state index < -0.39 is 0 Å². The second kappa shape index (κ2) is 10.4. The Bertz CT molecular complexity index is 1030. The second-order valence-electron chi connectivity index (χ2n) is 7.82. The van der Waals surface area contributed by atoms with Crippen LogP contribution in [0.4, 0.5) is 11.4 Å². The van der Waals surface area contributed by atoms with E-state index in [-0.39, 0.29) is 5.91 Å². The summed E-state index contributed by atoms with van der Waals surface area (Å²) in [5.74, 6) is 0.635. The molecule has 6 heteroatoms. The van der Waals surface area contributed by atoms with Gasteiger partial charge >= 0.3 is 0 Å². The minimum atomic E-state index is -0.219. The van der Waals surface area contributed by atoms with Crippen molar-refractivity contribution in [1.82, 2.24) is 10.3 Å². The number of hydrogen-bond donors (Lipinski definition) is 2. The Hall–Kier alpha value is -3.67. The van der Waals surface area contributed by atoms with E-state index in [0.717, 1.165) is 16.9 Å². The van der Waals surface area contributed by atoms with Crippen LogP contribution >= 0.6 is 0 Å². The third-order valence-electron chi connectivity index (χ3n) is 4.87. The number of nitrogens with one attached hydrogen (secondary N) is 2. The SMILES string of the molecule is CC(C)c1ccc(NC(=NCc2ccncc2)NC(=O)c2cccc(N(C)C)c2)cc1. The van der Waals surface area contributed by atoms with E-state index in [2.05, 4.69) is 46.6 Å². The molecule has 0 bridgehead atoms. The molecule has 1 heterocycles. The summed E-state index contributed by atoms with van der Waals surface area (Å²) < 4.78 is 0. The van der Waals surface area contributed by atoms with Crippen LogP contribution in [0.25, 0.3) is 0 Å². The standard InChI is InChI=1S/C25H29N5O/c1-18(2)20-8-10-22(11-9-20)28-25(27-17-19-12-14-26-15-13-19)29-24(31)21-6-5-7-23(16-21)30(3)4/h5-16,18H,17H2,1-4H3,(H2,27,28,29,31). The first-order valence-electron chi connectivity index (χ1n) is 10.3. The van der Waals surface area contributed by atoms with E-state index in [1.54, 1.807) is 18.5 Å². The van der Waals surface area contributed by atoms with Gasteiger partial charge in [0.2, 0.25) is 5.96 Å². The fourth-order valence-corrected chi connectivity index (χ4v) is 2.96. The molecular weight excluding hydrogens is 386 g/mol. The molecule has 0 fully saturated rings. The van der Waals surface area contributed by atoms with E-state index in [9.17, 15) is 4.79 Å². The Morgan fingerprint density at radius 3 is 2.39 bits per heavy atom. The van der Waals surface area contributed by atoms with Gasteiger partial charge in [-0.2, -0.15) is 0 Å². The zero-order chi connectivity index (χ0) is 22.2. The third kappa shape index (κ3) is 6.40. The first kappa shape index (κ1) is 22.0. The number of carbonyl (C=O) groups is 1. The van der Waals surface area contributed by atoms with Gasteiger partial charge in [-0.05, 0) is 59.5 Å². The summed E-state index contributed by atoms with van der Waals surface area (Å²) in [5.41, 5.74) is 4.65. The van der Waals surface area contributed by atoms with Crippen molar-refractivity contribution in [2.24, 2.45) is 4.99 Å². The molecule has 3 aromatic rings. The molecule has 0 atom stereocenters. The smallest absolute Gasteiger partial charge is 0.258 e. The maximum absolute atomic E-state index is 12.9. The molecule has 0 saturated heterocycles. The molecule has 0 saturated carbocycles. The molecule has 31 heavy (non-hydrogen) atoms. The maximum atomic E-state index is 12.9. The number of nitrogens with zero attached hydrogens (tertiary/aromatic N) is 3. The summed E-state index contributed by atoms with van der Waals surface area (Å²) in [6, 6.07) is 19.4. The van der Waals surface area contributed by atoms with Crippen LogP contribution in [0.3, 0.4) is 0 Å². The predicted molar refractivity (Wildman–Crippen MR) is 128 cm³/mol. The van der Waals surface area contributed by atoms with E-state index in [4.69, 9.17) is 0 Å². The Morgan fingerprint density at radius 2 is 1.74 bits per heavy atom. The molecule has 0 radical (unpaired) electrons. The topological polar surface area (TPSA) is 69.6 Å². The quantitative estimate of drug-likeness (QED) is 0.453. The van der Waals surface area contributed by atoms with Gasteiger partial charge in [0.05, 0.1) is 6.54 Å². The Morgan fingerprint density at radius 1 is 1.03 bits per heavy atom. The minimum Gasteiger partial charge on any atom is -0.378 e. The number of aromatic nitrogens is 1. The lowest BCUT2D eigenvalue weighted by Crippen LogP contribution is -2.36. The number of carbonyl (C=O) groups excluding carboxylic acids is 1. The Labute approximate surface area is 184 Å². The highest BCUT2D eigenvalue weighted by molar-refractivity contribution is 6.10. The van der Waals surface area contributed by atoms with Crippen LogP contribution < -0.4 is 15.5 Å². The predicted octanol–water partition coefficient (Wildman–Crippen LogP) is 4.67. The van der Waals surface area contributed by atoms with Crippen molar-refractivity contribution in [1.29, 1.82) is 0 Å². The lowest BCUT2D eigenvalue weighted by atomic mass is 10.0. The van der Waals surface area contributed by atoms with Gasteiger partial charge in [-0.3, -0.25) is 15.1 Å². The highest BCUT2D eigenvalue weighted by Gasteiger charge is 2.11. The van der Waals surface area contributed by atoms with Crippen LogP contribution in [0.5, 0.6) is 0 Å². The van der Waals surface area contributed by atoms with Crippen molar-refractivity contribution in [3.05, 3.63) is 89.7 Å². The van der Waals surface area contributed by atoms with Gasteiger partial charge in [-0.25, -0.2) is 4.99 Å². The largest absolute Gasteiger partial charge is 0.378 e. The van der Waals surface area contributed by atoms with Crippen molar-refractivity contribution in [2.75, 3.05) is 24.3 Å². The molecule has 160 valence electrons. The van der Waals surface area contributed by atoms with E-state index in [1.807, 2.05) is 61.5 Å². The molecule has 2 N–H and O–H groups in total. The fraction of sp³-hybridized carbons (Fsp3) is 0.240. The van der Waals surface area contributed by atoms with Gasteiger partial charge in [0.25, 0.3) is 5.91 Å². The molecule has 1 amide bonds. The van der Waals surface area contributed by atoms with Crippen LogP contribution in [0.2, 0.25) is 0 Å². The van der Waals surface area contributed by atoms with Crippen molar-refractivity contribution in [3.63, 3.8) is 0 Å². The van der Waals surface area contributed by atoms with Crippen molar-refractivity contribution in [2.45, 2.75) is 26.3 Å². The van der Waals surface area contributed by atoms with E-state index in [0.29, 0.717) is 24.0 Å². The number of pyridine rings is 1. The van der Waals surface area contributed by atoms with Crippen molar-refractivity contribution in [3.8, 4) is 0 Å². The molecule has 0 aliphatic heterocycles. The fourth-order valence-electron chi connectivity index (χ4n) is 2.96. The number of rotatable bonds is 6. The van der Waals surface area contributed by atoms with Crippen LogP contribution in [-0.4, -0.2) is 30.9 Å². The zero-order valence-electron chi connectivity index (χ0n) is 18.5. The summed E-state index contributed by atoms with van der Waals surface area (Å²) in [5, 5.41) is 6.17. The van der Waals surface area contributed by atoms with Gasteiger partial charge in [0.1, 0.15) is 0 Å². The van der Waals surface area contributed by atoms with Gasteiger partial charge in [0.15, 0.2) is 0 Å². The molecular formula is C25H29N5O. The first-order valence-corrected chi connectivity index (χ1v) is 10.3. The summed E-state index contributed by atoms with van der Waals surface area (Å²) in [7, 11) is 3.89. The van der Waals surface area contributed by atoms with E-state index in [1.165, 1.54) is 5.56 Å². The number of guanidine groups is 1. The number of amides is 1. The molecule has 6 nitrogen and oxygen atoms in total. The van der Waals surface area contributed by atoms with Crippen molar-refractivity contribution >= 4 is 23.2 Å². The summed E-state index contributed by atoms with van der Waals surface area (Å²) in [4.78, 5) is 23.5. The Kier molecular flexibility index (Phi) is 7.38. The minimum absolute atomic E-state index is 0.219. The van der Waals surface area contributed by atoms with Crippen LogP contribution in [-0.2, 0) is 6.54 Å². The zero-order valence-corrected chi connectivity index (χ0v) is 18.5. The number of benzene rings is 2. The normalized spacial score (nSPS) is 11.3. The van der Waals surface area contributed by atoms with Gasteiger partial charge in [0, 0.05) is 43.4 Å². The molecule has 1 aromatic heterocycles. The molecule has 0 spiro atoms.